The van der Waals surface area contributed by atoms with Gasteiger partial charge in [0.05, 0.1) is 0 Å². The molecule has 0 spiro atoms. The third kappa shape index (κ3) is 9.35. The smallest absolute Gasteiger partial charge is 0.306 e. The molecule has 0 aromatic heterocycles. The maximum atomic E-state index is 11.7. The summed E-state index contributed by atoms with van der Waals surface area (Å²) in [4.78, 5) is 11.7. The van der Waals surface area contributed by atoms with Gasteiger partial charge in [0.15, 0.2) is 0 Å². The highest BCUT2D eigenvalue weighted by Crippen LogP contribution is 2.12. The van der Waals surface area contributed by atoms with Gasteiger partial charge in [0.1, 0.15) is 6.10 Å². The van der Waals surface area contributed by atoms with Crippen LogP contribution in [0.5, 0.6) is 0 Å². The van der Waals surface area contributed by atoms with E-state index in [1.165, 1.54) is 51.4 Å². The second-order valence-electron chi connectivity index (χ2n) is 6.02. The highest BCUT2D eigenvalue weighted by molar-refractivity contribution is 5.69. The number of hydrogen-bond acceptors (Lipinski definition) is 3. The van der Waals surface area contributed by atoms with E-state index in [4.69, 9.17) is 4.74 Å². The molecule has 1 aliphatic rings. The predicted octanol–water partition coefficient (Wildman–Crippen LogP) is 4.20. The zero-order valence-corrected chi connectivity index (χ0v) is 13.3. The fraction of sp³-hybridized carbons (Fsp3) is 0.941. The molecule has 3 nitrogen and oxygen atoms in total. The monoisotopic (exact) mass is 283 g/mol. The maximum absolute atomic E-state index is 11.7. The van der Waals surface area contributed by atoms with Crippen LogP contribution in [-0.2, 0) is 9.53 Å². The van der Waals surface area contributed by atoms with Crippen LogP contribution >= 0.6 is 0 Å². The van der Waals surface area contributed by atoms with Gasteiger partial charge in [-0.25, -0.2) is 0 Å². The Morgan fingerprint density at radius 1 is 0.950 bits per heavy atom. The van der Waals surface area contributed by atoms with Crippen molar-refractivity contribution in [3.8, 4) is 0 Å². The molecule has 0 saturated carbocycles. The molecule has 1 N–H and O–H groups in total. The van der Waals surface area contributed by atoms with Gasteiger partial charge < -0.3 is 10.1 Å². The van der Waals surface area contributed by atoms with Gasteiger partial charge in [-0.15, -0.1) is 0 Å². The summed E-state index contributed by atoms with van der Waals surface area (Å²) < 4.78 is 5.48. The van der Waals surface area contributed by atoms with E-state index in [9.17, 15) is 4.79 Å². The summed E-state index contributed by atoms with van der Waals surface area (Å²) in [5.41, 5.74) is 0. The lowest BCUT2D eigenvalue weighted by atomic mass is 10.1. The van der Waals surface area contributed by atoms with Crippen LogP contribution in [0.4, 0.5) is 0 Å². The van der Waals surface area contributed by atoms with Crippen molar-refractivity contribution >= 4 is 5.97 Å². The van der Waals surface area contributed by atoms with E-state index >= 15 is 0 Å². The SMILES string of the molecule is CCCCCCCCCCCC(=O)OC1CCNCC1. The van der Waals surface area contributed by atoms with Gasteiger partial charge in [-0.1, -0.05) is 58.3 Å². The number of piperidine rings is 1. The molecule has 0 amide bonds. The van der Waals surface area contributed by atoms with Crippen LogP contribution in [0.15, 0.2) is 0 Å². The first kappa shape index (κ1) is 17.5. The number of nitrogens with one attached hydrogen (secondary N) is 1. The summed E-state index contributed by atoms with van der Waals surface area (Å²) >= 11 is 0. The van der Waals surface area contributed by atoms with Gasteiger partial charge >= 0.3 is 5.97 Å². The molecule has 20 heavy (non-hydrogen) atoms. The zero-order chi connectivity index (χ0) is 14.5. The Kier molecular flexibility index (Phi) is 10.7. The number of rotatable bonds is 11. The van der Waals surface area contributed by atoms with Crippen molar-refractivity contribution in [1.82, 2.24) is 5.32 Å². The Hall–Kier alpha value is -0.570. The van der Waals surface area contributed by atoms with Gasteiger partial charge in [0.2, 0.25) is 0 Å². The van der Waals surface area contributed by atoms with E-state index in [0.29, 0.717) is 6.42 Å². The standard InChI is InChI=1S/C17H33NO2/c1-2-3-4-5-6-7-8-9-10-11-17(19)20-16-12-14-18-15-13-16/h16,18H,2-15H2,1H3. The number of unbranched alkanes of at least 4 members (excludes halogenated alkanes) is 8. The average molecular weight is 283 g/mol. The fourth-order valence-electron chi connectivity index (χ4n) is 2.74. The second kappa shape index (κ2) is 12.2. The number of ether oxygens (including phenoxy) is 1. The second-order valence-corrected chi connectivity index (χ2v) is 6.02. The van der Waals surface area contributed by atoms with E-state index in [0.717, 1.165) is 32.4 Å². The first-order chi connectivity index (χ1) is 9.83. The van der Waals surface area contributed by atoms with Crippen LogP contribution in [-0.4, -0.2) is 25.2 Å². The Morgan fingerprint density at radius 3 is 2.10 bits per heavy atom. The lowest BCUT2D eigenvalue weighted by Crippen LogP contribution is -2.33. The molecule has 0 atom stereocenters. The summed E-state index contributed by atoms with van der Waals surface area (Å²) in [5, 5.41) is 3.28. The maximum Gasteiger partial charge on any atom is 0.306 e. The normalized spacial score (nSPS) is 16.2. The van der Waals surface area contributed by atoms with Gasteiger partial charge in [-0.3, -0.25) is 4.79 Å². The summed E-state index contributed by atoms with van der Waals surface area (Å²) in [7, 11) is 0. The number of hydrogen-bond donors (Lipinski definition) is 1. The zero-order valence-electron chi connectivity index (χ0n) is 13.3. The molecule has 0 aliphatic carbocycles. The van der Waals surface area contributed by atoms with Gasteiger partial charge in [0.25, 0.3) is 0 Å². The summed E-state index contributed by atoms with van der Waals surface area (Å²) in [6, 6.07) is 0. The van der Waals surface area contributed by atoms with Gasteiger partial charge in [0, 0.05) is 6.42 Å². The minimum Gasteiger partial charge on any atom is -0.462 e. The summed E-state index contributed by atoms with van der Waals surface area (Å²) in [6.07, 6.45) is 14.3. The summed E-state index contributed by atoms with van der Waals surface area (Å²) in [5.74, 6) is 0.0137. The molecule has 118 valence electrons. The minimum absolute atomic E-state index is 0.0137. The topological polar surface area (TPSA) is 38.3 Å². The Bertz CT molecular complexity index is 237. The molecular formula is C17H33NO2. The third-order valence-corrected chi connectivity index (χ3v) is 4.07. The van der Waals surface area contributed by atoms with Crippen molar-refractivity contribution in [2.45, 2.75) is 90.1 Å². The lowest BCUT2D eigenvalue weighted by molar-refractivity contribution is -0.150. The molecule has 1 saturated heterocycles. The molecule has 0 unspecified atom stereocenters. The first-order valence-corrected chi connectivity index (χ1v) is 8.73. The van der Waals surface area contributed by atoms with Crippen molar-refractivity contribution in [3.63, 3.8) is 0 Å². The molecule has 1 heterocycles. The van der Waals surface area contributed by atoms with Crippen molar-refractivity contribution in [1.29, 1.82) is 0 Å². The van der Waals surface area contributed by atoms with Gasteiger partial charge in [-0.2, -0.15) is 0 Å². The van der Waals surface area contributed by atoms with Crippen LogP contribution in [0.3, 0.4) is 0 Å². The predicted molar refractivity (Wildman–Crippen MR) is 83.8 cm³/mol. The molecule has 0 radical (unpaired) electrons. The minimum atomic E-state index is 0.0137. The molecule has 1 fully saturated rings. The Balaban J connectivity index is 1.84. The van der Waals surface area contributed by atoms with E-state index in [2.05, 4.69) is 12.2 Å². The van der Waals surface area contributed by atoms with Crippen LogP contribution in [0, 0.1) is 0 Å². The molecule has 0 aromatic carbocycles. The van der Waals surface area contributed by atoms with Crippen LogP contribution in [0.2, 0.25) is 0 Å². The van der Waals surface area contributed by atoms with Crippen LogP contribution in [0.1, 0.15) is 84.0 Å². The number of esters is 1. The van der Waals surface area contributed by atoms with Crippen molar-refractivity contribution < 1.29 is 9.53 Å². The Morgan fingerprint density at radius 2 is 1.50 bits per heavy atom. The van der Waals surface area contributed by atoms with E-state index < -0.39 is 0 Å². The molecular weight excluding hydrogens is 250 g/mol. The first-order valence-electron chi connectivity index (χ1n) is 8.73. The molecule has 0 bridgehead atoms. The fourth-order valence-corrected chi connectivity index (χ4v) is 2.74. The molecule has 0 aromatic rings. The number of carbonyl (C=O) groups excluding carboxylic acids is 1. The average Bonchev–Trinajstić information content (AvgIpc) is 2.46. The highest BCUT2D eigenvalue weighted by Gasteiger charge is 2.16. The number of carbonyl (C=O) groups is 1. The summed E-state index contributed by atoms with van der Waals surface area (Å²) in [6.45, 7) is 4.22. The van der Waals surface area contributed by atoms with Crippen LogP contribution < -0.4 is 5.32 Å². The van der Waals surface area contributed by atoms with Crippen molar-refractivity contribution in [2.24, 2.45) is 0 Å². The van der Waals surface area contributed by atoms with Crippen molar-refractivity contribution in [3.05, 3.63) is 0 Å². The quantitative estimate of drug-likeness (QED) is 0.456. The highest BCUT2D eigenvalue weighted by atomic mass is 16.5. The van der Waals surface area contributed by atoms with Gasteiger partial charge in [-0.05, 0) is 32.4 Å². The largest absolute Gasteiger partial charge is 0.462 e. The molecule has 1 aliphatic heterocycles. The lowest BCUT2D eigenvalue weighted by Gasteiger charge is -2.22. The Labute approximate surface area is 124 Å². The van der Waals surface area contributed by atoms with Crippen LogP contribution in [0.25, 0.3) is 0 Å². The van der Waals surface area contributed by atoms with E-state index in [1.807, 2.05) is 0 Å². The van der Waals surface area contributed by atoms with Crippen molar-refractivity contribution in [2.75, 3.05) is 13.1 Å². The molecule has 1 rings (SSSR count). The molecule has 3 heteroatoms. The third-order valence-electron chi connectivity index (χ3n) is 4.07. The van der Waals surface area contributed by atoms with E-state index in [-0.39, 0.29) is 12.1 Å². The van der Waals surface area contributed by atoms with E-state index in [1.54, 1.807) is 0 Å².